The van der Waals surface area contributed by atoms with Crippen LogP contribution >= 0.6 is 23.2 Å². The summed E-state index contributed by atoms with van der Waals surface area (Å²) in [4.78, 5) is 4.18. The Hall–Kier alpha value is -1.29. The number of fused-ring (bicyclic) bond motifs is 1. The fourth-order valence-corrected chi connectivity index (χ4v) is 5.66. The molecule has 0 radical (unpaired) electrons. The molecule has 10 heteroatoms. The molecule has 138 valence electrons. The summed E-state index contributed by atoms with van der Waals surface area (Å²) in [5.74, 6) is 0. The second-order valence-electron chi connectivity index (χ2n) is 5.49. The molecule has 0 saturated carbocycles. The van der Waals surface area contributed by atoms with Crippen molar-refractivity contribution in [3.63, 3.8) is 0 Å². The van der Waals surface area contributed by atoms with E-state index in [2.05, 4.69) is 15.0 Å². The van der Waals surface area contributed by atoms with E-state index in [0.717, 1.165) is 5.56 Å². The van der Waals surface area contributed by atoms with E-state index in [4.69, 9.17) is 23.2 Å². The van der Waals surface area contributed by atoms with Gasteiger partial charge in [0.05, 0.1) is 26.9 Å². The van der Waals surface area contributed by atoms with Gasteiger partial charge in [0.25, 0.3) is 0 Å². The zero-order chi connectivity index (χ0) is 18.7. The van der Waals surface area contributed by atoms with Gasteiger partial charge in [0, 0.05) is 29.7 Å². The average molecular weight is 432 g/mol. The Morgan fingerprint density at radius 2 is 1.81 bits per heavy atom. The Morgan fingerprint density at radius 1 is 1.08 bits per heavy atom. The molecule has 1 atom stereocenters. The lowest BCUT2D eigenvalue weighted by Gasteiger charge is -2.10. The highest BCUT2D eigenvalue weighted by Crippen LogP contribution is 2.32. The molecular weight excluding hydrogens is 417 g/mol. The van der Waals surface area contributed by atoms with Crippen molar-refractivity contribution in [3.05, 3.63) is 52.0 Å². The second-order valence-corrected chi connectivity index (χ2v) is 9.31. The van der Waals surface area contributed by atoms with Crippen LogP contribution in [-0.4, -0.2) is 31.3 Å². The summed E-state index contributed by atoms with van der Waals surface area (Å²) in [6.07, 6.45) is 0. The van der Waals surface area contributed by atoms with Crippen LogP contribution in [0.3, 0.4) is 0 Å². The van der Waals surface area contributed by atoms with E-state index in [0.29, 0.717) is 28.8 Å². The van der Waals surface area contributed by atoms with Gasteiger partial charge in [-0.1, -0.05) is 29.3 Å². The van der Waals surface area contributed by atoms with E-state index >= 15 is 0 Å². The van der Waals surface area contributed by atoms with Gasteiger partial charge in [-0.15, -0.1) is 0 Å². The Bertz CT molecular complexity index is 974. The molecule has 1 unspecified atom stereocenters. The number of rotatable bonds is 7. The fraction of sp³-hybridized carbons (Fsp3) is 0.188. The summed E-state index contributed by atoms with van der Waals surface area (Å²) < 4.78 is 39.5. The highest BCUT2D eigenvalue weighted by Gasteiger charge is 2.26. The maximum atomic E-state index is 12.5. The molecule has 0 spiro atoms. The smallest absolute Gasteiger partial charge is 0.241 e. The predicted octanol–water partition coefficient (Wildman–Crippen LogP) is 2.84. The van der Waals surface area contributed by atoms with Crippen LogP contribution in [0.15, 0.2) is 51.2 Å². The first-order valence-corrected chi connectivity index (χ1v) is 11.1. The first-order valence-electron chi connectivity index (χ1n) is 7.60. The third kappa shape index (κ3) is 4.51. The molecule has 0 bridgehead atoms. The lowest BCUT2D eigenvalue weighted by molar-refractivity contribution is 0.573. The van der Waals surface area contributed by atoms with Crippen LogP contribution in [0.2, 0.25) is 10.0 Å². The van der Waals surface area contributed by atoms with Gasteiger partial charge in [-0.2, -0.15) is 0 Å². The Kier molecular flexibility index (Phi) is 6.11. The van der Waals surface area contributed by atoms with Crippen molar-refractivity contribution < 1.29 is 12.6 Å². The van der Waals surface area contributed by atoms with Crippen molar-refractivity contribution in [2.24, 2.45) is 4.99 Å². The number of benzene rings is 2. The third-order valence-electron chi connectivity index (χ3n) is 3.58. The third-order valence-corrected chi connectivity index (χ3v) is 6.78. The predicted molar refractivity (Wildman–Crippen MR) is 104 cm³/mol. The number of aliphatic imine (C=N–C) groups is 1. The molecule has 0 fully saturated rings. The van der Waals surface area contributed by atoms with Gasteiger partial charge in [-0.05, 0) is 35.9 Å². The van der Waals surface area contributed by atoms with Gasteiger partial charge in [-0.3, -0.25) is 0 Å². The maximum absolute atomic E-state index is 12.5. The monoisotopic (exact) mass is 431 g/mol. The molecule has 0 aromatic heterocycles. The van der Waals surface area contributed by atoms with E-state index in [1.54, 1.807) is 30.3 Å². The molecule has 0 amide bonds. The summed E-state index contributed by atoms with van der Waals surface area (Å²) in [7, 11) is -5.33. The SMILES string of the molecule is O=S1C=Nc2cccc(S(=O)(=O)NCCNCc3cc(Cl)cc(Cl)c3)c21. The normalized spacial score (nSPS) is 16.0. The van der Waals surface area contributed by atoms with Gasteiger partial charge >= 0.3 is 0 Å². The van der Waals surface area contributed by atoms with Gasteiger partial charge in [0.2, 0.25) is 10.0 Å². The quantitative estimate of drug-likeness (QED) is 0.659. The van der Waals surface area contributed by atoms with Gasteiger partial charge in [0.1, 0.15) is 4.90 Å². The zero-order valence-corrected chi connectivity index (χ0v) is 16.6. The van der Waals surface area contributed by atoms with Crippen molar-refractivity contribution in [2.75, 3.05) is 13.1 Å². The molecule has 3 rings (SSSR count). The minimum absolute atomic E-state index is 0.00698. The van der Waals surface area contributed by atoms with Crippen LogP contribution < -0.4 is 10.0 Å². The zero-order valence-electron chi connectivity index (χ0n) is 13.4. The minimum Gasteiger partial charge on any atom is -0.311 e. The summed E-state index contributed by atoms with van der Waals surface area (Å²) in [6, 6.07) is 9.85. The molecule has 2 N–H and O–H groups in total. The van der Waals surface area contributed by atoms with Crippen LogP contribution in [0, 0.1) is 0 Å². The number of sulfonamides is 1. The molecule has 0 saturated heterocycles. The van der Waals surface area contributed by atoms with E-state index in [9.17, 15) is 12.6 Å². The molecule has 6 nitrogen and oxygen atoms in total. The summed E-state index contributed by atoms with van der Waals surface area (Å²) >= 11 is 11.9. The topological polar surface area (TPSA) is 87.6 Å². The Balaban J connectivity index is 1.57. The number of halogens is 2. The van der Waals surface area contributed by atoms with Crippen LogP contribution in [0.25, 0.3) is 0 Å². The lowest BCUT2D eigenvalue weighted by Crippen LogP contribution is -2.32. The van der Waals surface area contributed by atoms with E-state index in [1.165, 1.54) is 11.6 Å². The first-order chi connectivity index (χ1) is 12.4. The van der Waals surface area contributed by atoms with Crippen molar-refractivity contribution in [1.29, 1.82) is 0 Å². The molecule has 2 aromatic carbocycles. The Labute approximate surface area is 164 Å². The fourth-order valence-electron chi connectivity index (χ4n) is 2.47. The molecule has 1 aliphatic rings. The second kappa shape index (κ2) is 8.16. The minimum atomic E-state index is -3.78. The van der Waals surface area contributed by atoms with E-state index < -0.39 is 20.8 Å². The molecule has 0 aliphatic carbocycles. The average Bonchev–Trinajstić information content (AvgIpc) is 2.95. The van der Waals surface area contributed by atoms with Crippen molar-refractivity contribution in [1.82, 2.24) is 10.0 Å². The summed E-state index contributed by atoms with van der Waals surface area (Å²) in [6.45, 7) is 1.08. The van der Waals surface area contributed by atoms with Gasteiger partial charge < -0.3 is 5.32 Å². The largest absolute Gasteiger partial charge is 0.311 e. The van der Waals surface area contributed by atoms with Crippen LogP contribution in [0.4, 0.5) is 5.69 Å². The van der Waals surface area contributed by atoms with Gasteiger partial charge in [0.15, 0.2) is 0 Å². The van der Waals surface area contributed by atoms with Crippen molar-refractivity contribution >= 4 is 55.3 Å². The highest BCUT2D eigenvalue weighted by molar-refractivity contribution is 7.99. The summed E-state index contributed by atoms with van der Waals surface area (Å²) in [5, 5.41) is 4.20. The number of nitrogens with zero attached hydrogens (tertiary/aromatic N) is 1. The molecule has 1 aliphatic heterocycles. The number of hydrogen-bond acceptors (Lipinski definition) is 5. The van der Waals surface area contributed by atoms with E-state index in [1.807, 2.05) is 0 Å². The molecular formula is C16H15Cl2N3O3S2. The van der Waals surface area contributed by atoms with Crippen LogP contribution in [-0.2, 0) is 27.4 Å². The Morgan fingerprint density at radius 3 is 2.54 bits per heavy atom. The molecule has 1 heterocycles. The first kappa shape index (κ1) is 19.5. The van der Waals surface area contributed by atoms with Crippen LogP contribution in [0.5, 0.6) is 0 Å². The number of nitrogens with one attached hydrogen (secondary N) is 2. The number of hydrogen-bond donors (Lipinski definition) is 2. The lowest BCUT2D eigenvalue weighted by atomic mass is 10.2. The maximum Gasteiger partial charge on any atom is 0.241 e. The van der Waals surface area contributed by atoms with Gasteiger partial charge in [-0.25, -0.2) is 22.3 Å². The van der Waals surface area contributed by atoms with Crippen molar-refractivity contribution in [2.45, 2.75) is 16.3 Å². The van der Waals surface area contributed by atoms with Crippen LogP contribution in [0.1, 0.15) is 5.56 Å². The molecule has 26 heavy (non-hydrogen) atoms. The standard InChI is InChI=1S/C16H15Cl2N3O3S2/c17-12-6-11(7-13(18)8-12)9-19-4-5-21-26(23,24)15-3-1-2-14-16(15)25(22)10-20-14/h1-3,6-8,10,19,21H,4-5,9H2. The highest BCUT2D eigenvalue weighted by atomic mass is 35.5. The van der Waals surface area contributed by atoms with E-state index in [-0.39, 0.29) is 16.3 Å². The molecule has 2 aromatic rings. The summed E-state index contributed by atoms with van der Waals surface area (Å²) in [5.41, 5.74) is 2.56. The van der Waals surface area contributed by atoms with Crippen molar-refractivity contribution in [3.8, 4) is 0 Å².